The van der Waals surface area contributed by atoms with E-state index >= 15 is 0 Å². The molecule has 0 spiro atoms. The number of benzene rings is 1. The van der Waals surface area contributed by atoms with Gasteiger partial charge in [0.05, 0.1) is 4.90 Å². The summed E-state index contributed by atoms with van der Waals surface area (Å²) in [6.45, 7) is 4.96. The Morgan fingerprint density at radius 2 is 1.92 bits per heavy atom. The summed E-state index contributed by atoms with van der Waals surface area (Å²) in [4.78, 5) is 13.8. The molecule has 0 saturated carbocycles. The van der Waals surface area contributed by atoms with Gasteiger partial charge in [0, 0.05) is 24.5 Å². The number of nitrogens with zero attached hydrogens (tertiary/aromatic N) is 2. The summed E-state index contributed by atoms with van der Waals surface area (Å²) in [5.74, 6) is 0. The molecule has 2 aromatic rings. The summed E-state index contributed by atoms with van der Waals surface area (Å²) in [6, 6.07) is 7.49. The van der Waals surface area contributed by atoms with Gasteiger partial charge in [-0.3, -0.25) is 0 Å². The fraction of sp³-hybridized carbons (Fsp3) is 0.471. The quantitative estimate of drug-likeness (QED) is 0.788. The zero-order valence-electron chi connectivity index (χ0n) is 13.9. The molecule has 0 bridgehead atoms. The van der Waals surface area contributed by atoms with E-state index in [1.807, 2.05) is 0 Å². The molecule has 1 aromatic heterocycles. The van der Waals surface area contributed by atoms with Crippen molar-refractivity contribution in [3.8, 4) is 0 Å². The molecule has 0 aliphatic carbocycles. The molecule has 24 heavy (non-hydrogen) atoms. The minimum Gasteiger partial charge on any atom is -0.423 e. The Morgan fingerprint density at radius 1 is 1.21 bits per heavy atom. The first-order chi connectivity index (χ1) is 11.4. The average molecular weight is 350 g/mol. The van der Waals surface area contributed by atoms with E-state index in [4.69, 9.17) is 4.42 Å². The second-order valence-electron chi connectivity index (χ2n) is 6.14. The molecule has 0 N–H and O–H groups in total. The monoisotopic (exact) mass is 350 g/mol. The Balaban J connectivity index is 1.87. The minimum absolute atomic E-state index is 0.0159. The van der Waals surface area contributed by atoms with Crippen molar-refractivity contribution in [3.05, 3.63) is 40.8 Å². The van der Waals surface area contributed by atoms with Crippen molar-refractivity contribution in [2.75, 3.05) is 26.7 Å². The van der Waals surface area contributed by atoms with Gasteiger partial charge >= 0.3 is 5.63 Å². The number of likely N-dealkylation sites (tertiary alicyclic amines) is 1. The van der Waals surface area contributed by atoms with Gasteiger partial charge in [-0.15, -0.1) is 0 Å². The number of fused-ring (bicyclic) bond motifs is 1. The second kappa shape index (κ2) is 6.66. The summed E-state index contributed by atoms with van der Waals surface area (Å²) >= 11 is 0. The summed E-state index contributed by atoms with van der Waals surface area (Å²) in [6.07, 6.45) is 1.68. The van der Waals surface area contributed by atoms with Crippen LogP contribution in [0.15, 0.2) is 44.4 Å². The Morgan fingerprint density at radius 3 is 2.58 bits per heavy atom. The third kappa shape index (κ3) is 3.24. The highest BCUT2D eigenvalue weighted by atomic mass is 32.2. The SMILES string of the molecule is CCN1CCC(N(C)S(=O)(=O)c2ccc3oc(=O)ccc3c2)CC1. The Bertz CT molecular complexity index is 883. The molecule has 1 aliphatic heterocycles. The summed E-state index contributed by atoms with van der Waals surface area (Å²) in [5.41, 5.74) is -0.0572. The molecule has 6 nitrogen and oxygen atoms in total. The van der Waals surface area contributed by atoms with Crippen LogP contribution >= 0.6 is 0 Å². The second-order valence-corrected chi connectivity index (χ2v) is 8.14. The number of hydrogen-bond acceptors (Lipinski definition) is 5. The normalized spacial score (nSPS) is 17.6. The zero-order chi connectivity index (χ0) is 17.3. The fourth-order valence-electron chi connectivity index (χ4n) is 3.17. The van der Waals surface area contributed by atoms with E-state index in [0.717, 1.165) is 32.5 Å². The lowest BCUT2D eigenvalue weighted by Gasteiger charge is -2.35. The highest BCUT2D eigenvalue weighted by molar-refractivity contribution is 7.89. The van der Waals surface area contributed by atoms with Crippen molar-refractivity contribution >= 4 is 21.0 Å². The van der Waals surface area contributed by atoms with Crippen molar-refractivity contribution in [1.82, 2.24) is 9.21 Å². The number of sulfonamides is 1. The smallest absolute Gasteiger partial charge is 0.336 e. The summed E-state index contributed by atoms with van der Waals surface area (Å²) in [5, 5.41) is 0.602. The van der Waals surface area contributed by atoms with Crippen LogP contribution in [0, 0.1) is 0 Å². The van der Waals surface area contributed by atoms with Gasteiger partial charge in [0.2, 0.25) is 10.0 Å². The fourth-order valence-corrected chi connectivity index (χ4v) is 4.62. The predicted octanol–water partition coefficient (Wildman–Crippen LogP) is 1.90. The van der Waals surface area contributed by atoms with Crippen LogP contribution in [0.1, 0.15) is 19.8 Å². The third-order valence-corrected chi connectivity index (χ3v) is 6.69. The molecule has 3 rings (SSSR count). The number of rotatable bonds is 4. The highest BCUT2D eigenvalue weighted by Gasteiger charge is 2.30. The van der Waals surface area contributed by atoms with E-state index in [-0.39, 0.29) is 10.9 Å². The molecule has 7 heteroatoms. The van der Waals surface area contributed by atoms with Crippen molar-refractivity contribution in [3.63, 3.8) is 0 Å². The van der Waals surface area contributed by atoms with Gasteiger partial charge < -0.3 is 9.32 Å². The Hall–Kier alpha value is -1.70. The number of hydrogen-bond donors (Lipinski definition) is 0. The van der Waals surface area contributed by atoms with Gasteiger partial charge in [0.25, 0.3) is 0 Å². The molecule has 1 fully saturated rings. The van der Waals surface area contributed by atoms with Gasteiger partial charge in [-0.25, -0.2) is 13.2 Å². The largest absolute Gasteiger partial charge is 0.423 e. The van der Waals surface area contributed by atoms with Crippen LogP contribution in [0.4, 0.5) is 0 Å². The van der Waals surface area contributed by atoms with Gasteiger partial charge in [-0.1, -0.05) is 6.92 Å². The van der Waals surface area contributed by atoms with E-state index < -0.39 is 15.6 Å². The van der Waals surface area contributed by atoms with Crippen LogP contribution in [0.5, 0.6) is 0 Å². The van der Waals surface area contributed by atoms with E-state index in [1.54, 1.807) is 19.2 Å². The highest BCUT2D eigenvalue weighted by Crippen LogP contribution is 2.25. The van der Waals surface area contributed by atoms with Crippen molar-refractivity contribution in [2.24, 2.45) is 0 Å². The zero-order valence-corrected chi connectivity index (χ0v) is 14.8. The van der Waals surface area contributed by atoms with Gasteiger partial charge in [-0.05, 0) is 56.7 Å². The first kappa shape index (κ1) is 17.1. The molecule has 0 atom stereocenters. The van der Waals surface area contributed by atoms with Crippen molar-refractivity contribution in [1.29, 1.82) is 0 Å². The molecule has 0 amide bonds. The van der Waals surface area contributed by atoms with E-state index in [2.05, 4.69) is 11.8 Å². The van der Waals surface area contributed by atoms with Crippen molar-refractivity contribution < 1.29 is 12.8 Å². The molecule has 0 radical (unpaired) electrons. The van der Waals surface area contributed by atoms with E-state index in [9.17, 15) is 13.2 Å². The minimum atomic E-state index is -3.57. The average Bonchev–Trinajstić information content (AvgIpc) is 2.60. The topological polar surface area (TPSA) is 70.8 Å². The summed E-state index contributed by atoms with van der Waals surface area (Å²) in [7, 11) is -1.92. The van der Waals surface area contributed by atoms with Gasteiger partial charge in [0.15, 0.2) is 0 Å². The van der Waals surface area contributed by atoms with E-state index in [0.29, 0.717) is 11.0 Å². The summed E-state index contributed by atoms with van der Waals surface area (Å²) < 4.78 is 32.4. The molecule has 0 unspecified atom stereocenters. The number of piperidine rings is 1. The van der Waals surface area contributed by atoms with Crippen LogP contribution in [-0.2, 0) is 10.0 Å². The van der Waals surface area contributed by atoms with Gasteiger partial charge in [-0.2, -0.15) is 4.31 Å². The van der Waals surface area contributed by atoms with E-state index in [1.165, 1.54) is 22.5 Å². The first-order valence-corrected chi connectivity index (χ1v) is 9.60. The predicted molar refractivity (Wildman–Crippen MR) is 92.6 cm³/mol. The maximum absolute atomic E-state index is 12.9. The molecule has 2 heterocycles. The van der Waals surface area contributed by atoms with Crippen LogP contribution in [-0.4, -0.2) is 50.3 Å². The lowest BCUT2D eigenvalue weighted by molar-refractivity contribution is 0.176. The van der Waals surface area contributed by atoms with Crippen LogP contribution < -0.4 is 5.63 Å². The maximum atomic E-state index is 12.9. The molecule has 130 valence electrons. The van der Waals surface area contributed by atoms with Crippen LogP contribution in [0.2, 0.25) is 0 Å². The molecule has 1 aliphatic rings. The van der Waals surface area contributed by atoms with Crippen LogP contribution in [0.3, 0.4) is 0 Å². The van der Waals surface area contributed by atoms with Crippen molar-refractivity contribution in [2.45, 2.75) is 30.7 Å². The third-order valence-electron chi connectivity index (χ3n) is 4.79. The lowest BCUT2D eigenvalue weighted by Crippen LogP contribution is -2.45. The Labute approximate surface area is 141 Å². The van der Waals surface area contributed by atoms with Crippen LogP contribution in [0.25, 0.3) is 11.0 Å². The molecular formula is C17H22N2O4S. The maximum Gasteiger partial charge on any atom is 0.336 e. The van der Waals surface area contributed by atoms with Gasteiger partial charge in [0.1, 0.15) is 5.58 Å². The molecular weight excluding hydrogens is 328 g/mol. The Kier molecular flexibility index (Phi) is 4.76. The first-order valence-electron chi connectivity index (χ1n) is 8.16. The lowest BCUT2D eigenvalue weighted by atomic mass is 10.1. The standard InChI is InChI=1S/C17H22N2O4S/c1-3-19-10-8-14(9-11-19)18(2)24(21,22)15-5-6-16-13(12-15)4-7-17(20)23-16/h4-7,12,14H,3,8-11H2,1-2H3. The molecule has 1 saturated heterocycles. The molecule has 1 aromatic carbocycles.